The number of anilines is 2. The Hall–Kier alpha value is -3.28. The number of ether oxygens (including phenoxy) is 1. The van der Waals surface area contributed by atoms with Crippen molar-refractivity contribution in [2.24, 2.45) is 0 Å². The summed E-state index contributed by atoms with van der Waals surface area (Å²) in [7, 11) is 0. The maximum absolute atomic E-state index is 14.4. The Morgan fingerprint density at radius 2 is 1.90 bits per heavy atom. The van der Waals surface area contributed by atoms with E-state index in [0.717, 1.165) is 18.4 Å². The molecule has 3 fully saturated rings. The zero-order chi connectivity index (χ0) is 27.1. The normalized spacial score (nSPS) is 21.1. The molecular weight excluding hydrogens is 537 g/mol. The fraction of sp³-hybridized carbons (Fsp3) is 0.357. The van der Waals surface area contributed by atoms with Crippen LogP contribution in [0.2, 0.25) is 0 Å². The summed E-state index contributed by atoms with van der Waals surface area (Å²) < 4.78 is 22.1. The second-order valence-electron chi connectivity index (χ2n) is 9.94. The van der Waals surface area contributed by atoms with Crippen molar-refractivity contribution in [1.29, 1.82) is 0 Å². The number of amides is 1. The van der Waals surface area contributed by atoms with Crippen LogP contribution >= 0.6 is 24.0 Å². The Bertz CT molecular complexity index is 1540. The quantitative estimate of drug-likeness (QED) is 0.342. The van der Waals surface area contributed by atoms with E-state index in [1.165, 1.54) is 22.2 Å². The van der Waals surface area contributed by atoms with Crippen LogP contribution in [0.3, 0.4) is 0 Å². The van der Waals surface area contributed by atoms with E-state index in [4.69, 9.17) is 21.9 Å². The summed E-state index contributed by atoms with van der Waals surface area (Å²) >= 11 is 6.73. The van der Waals surface area contributed by atoms with Gasteiger partial charge < -0.3 is 14.5 Å². The van der Waals surface area contributed by atoms with Crippen molar-refractivity contribution < 1.29 is 13.9 Å². The maximum atomic E-state index is 14.4. The van der Waals surface area contributed by atoms with Crippen LogP contribution in [0.25, 0.3) is 11.7 Å². The summed E-state index contributed by atoms with van der Waals surface area (Å²) in [5.74, 6) is 0.0418. The van der Waals surface area contributed by atoms with Gasteiger partial charge in [0.05, 0.1) is 28.8 Å². The van der Waals surface area contributed by atoms with E-state index in [1.807, 2.05) is 34.9 Å². The highest BCUT2D eigenvalue weighted by Crippen LogP contribution is 2.34. The van der Waals surface area contributed by atoms with Crippen molar-refractivity contribution >= 4 is 57.4 Å². The van der Waals surface area contributed by atoms with Gasteiger partial charge in [-0.1, -0.05) is 42.2 Å². The van der Waals surface area contributed by atoms with Crippen LogP contribution in [0.1, 0.15) is 24.0 Å². The number of para-hydroxylation sites is 1. The Balaban J connectivity index is 1.34. The summed E-state index contributed by atoms with van der Waals surface area (Å²) in [6.07, 6.45) is 5.24. The number of thiocarbonyl (C=S) groups is 1. The SMILES string of the molecule is Cc1ccc2nc(N3CCN(c4ccccc4F)CC3)c(/C=C3\SC(=S)N(C[C@@H]4CCCO4)C3=O)c(=O)n2c1. The molecule has 6 rings (SSSR count). The minimum absolute atomic E-state index is 0.0240. The van der Waals surface area contributed by atoms with Gasteiger partial charge in [0.1, 0.15) is 21.6 Å². The molecule has 0 aliphatic carbocycles. The van der Waals surface area contributed by atoms with E-state index >= 15 is 0 Å². The van der Waals surface area contributed by atoms with Crippen LogP contribution in [0.5, 0.6) is 0 Å². The smallest absolute Gasteiger partial charge is 0.267 e. The van der Waals surface area contributed by atoms with Gasteiger partial charge in [-0.25, -0.2) is 9.37 Å². The van der Waals surface area contributed by atoms with Crippen LogP contribution in [0, 0.1) is 12.7 Å². The summed E-state index contributed by atoms with van der Waals surface area (Å²) in [6.45, 7) is 5.26. The van der Waals surface area contributed by atoms with E-state index < -0.39 is 0 Å². The number of benzene rings is 1. The molecule has 3 aliphatic rings. The number of carbonyl (C=O) groups is 1. The number of aromatic nitrogens is 2. The molecule has 0 N–H and O–H groups in total. The van der Waals surface area contributed by atoms with Crippen LogP contribution in [0.4, 0.5) is 15.9 Å². The zero-order valence-corrected chi connectivity index (χ0v) is 23.1. The molecule has 3 aromatic rings. The van der Waals surface area contributed by atoms with E-state index in [2.05, 4.69) is 0 Å². The lowest BCUT2D eigenvalue weighted by Crippen LogP contribution is -2.47. The fourth-order valence-electron chi connectivity index (χ4n) is 5.26. The number of piperazine rings is 1. The molecule has 0 radical (unpaired) electrons. The summed E-state index contributed by atoms with van der Waals surface area (Å²) in [5, 5.41) is 0. The molecule has 1 amide bonds. The van der Waals surface area contributed by atoms with Crippen LogP contribution < -0.4 is 15.4 Å². The highest BCUT2D eigenvalue weighted by Gasteiger charge is 2.35. The molecule has 3 aliphatic heterocycles. The molecule has 0 bridgehead atoms. The van der Waals surface area contributed by atoms with Gasteiger partial charge in [-0.15, -0.1) is 0 Å². The number of nitrogens with zero attached hydrogens (tertiary/aromatic N) is 5. The highest BCUT2D eigenvalue weighted by molar-refractivity contribution is 8.26. The van der Waals surface area contributed by atoms with Gasteiger partial charge in [0, 0.05) is 39.0 Å². The molecule has 1 aromatic carbocycles. The Morgan fingerprint density at radius 3 is 2.64 bits per heavy atom. The van der Waals surface area contributed by atoms with Crippen molar-refractivity contribution in [1.82, 2.24) is 14.3 Å². The van der Waals surface area contributed by atoms with Crippen molar-refractivity contribution in [2.75, 3.05) is 49.1 Å². The van der Waals surface area contributed by atoms with Gasteiger partial charge >= 0.3 is 0 Å². The number of carbonyl (C=O) groups excluding carboxylic acids is 1. The molecule has 0 unspecified atom stereocenters. The van der Waals surface area contributed by atoms with Crippen LogP contribution in [-0.2, 0) is 9.53 Å². The predicted molar refractivity (Wildman–Crippen MR) is 156 cm³/mol. The van der Waals surface area contributed by atoms with Gasteiger partial charge in [0.15, 0.2) is 0 Å². The summed E-state index contributed by atoms with van der Waals surface area (Å²) in [4.78, 5) is 38.1. The lowest BCUT2D eigenvalue weighted by molar-refractivity contribution is -0.123. The number of hydrogen-bond donors (Lipinski definition) is 0. The average molecular weight is 566 g/mol. The summed E-state index contributed by atoms with van der Waals surface area (Å²) in [6, 6.07) is 10.5. The molecule has 1 atom stereocenters. The minimum atomic E-state index is -0.255. The van der Waals surface area contributed by atoms with E-state index in [1.54, 1.807) is 29.3 Å². The molecular formula is C28H28FN5O3S2. The molecule has 0 saturated carbocycles. The summed E-state index contributed by atoms with van der Waals surface area (Å²) in [5.41, 5.74) is 2.11. The molecule has 11 heteroatoms. The third-order valence-electron chi connectivity index (χ3n) is 7.32. The van der Waals surface area contributed by atoms with Crippen LogP contribution in [-0.4, -0.2) is 69.9 Å². The number of pyridine rings is 1. The average Bonchev–Trinajstić information content (AvgIpc) is 3.55. The van der Waals surface area contributed by atoms with E-state index in [9.17, 15) is 14.0 Å². The van der Waals surface area contributed by atoms with Gasteiger partial charge in [-0.2, -0.15) is 0 Å². The molecule has 5 heterocycles. The standard InChI is InChI=1S/C28H28FN5O3S2/c1-18-8-9-24-30-25(32-12-10-31(11-13-32)22-7-3-2-6-21(22)29)20(26(35)33(24)16-18)15-23-27(36)34(28(38)39-23)17-19-5-4-14-37-19/h2-3,6-9,15-16,19H,4-5,10-14,17H2,1H3/b23-15-/t19-/m0/s1. The Kier molecular flexibility index (Phi) is 7.13. The number of hydrogen-bond acceptors (Lipinski definition) is 8. The molecule has 8 nitrogen and oxygen atoms in total. The third-order valence-corrected chi connectivity index (χ3v) is 8.69. The number of halogens is 1. The monoisotopic (exact) mass is 565 g/mol. The maximum Gasteiger partial charge on any atom is 0.267 e. The van der Waals surface area contributed by atoms with Gasteiger partial charge in [-0.3, -0.25) is 18.9 Å². The van der Waals surface area contributed by atoms with E-state index in [-0.39, 0.29) is 23.4 Å². The van der Waals surface area contributed by atoms with E-state index in [0.29, 0.717) is 71.3 Å². The van der Waals surface area contributed by atoms with Gasteiger partial charge in [0.2, 0.25) is 0 Å². The molecule has 39 heavy (non-hydrogen) atoms. The second-order valence-corrected chi connectivity index (χ2v) is 11.6. The fourth-order valence-corrected chi connectivity index (χ4v) is 6.52. The first-order valence-electron chi connectivity index (χ1n) is 13.0. The largest absolute Gasteiger partial charge is 0.376 e. The van der Waals surface area contributed by atoms with Crippen molar-refractivity contribution in [3.63, 3.8) is 0 Å². The first kappa shape index (κ1) is 26.0. The van der Waals surface area contributed by atoms with Crippen LogP contribution in [0.15, 0.2) is 52.3 Å². The lowest BCUT2D eigenvalue weighted by atomic mass is 10.2. The number of aryl methyl sites for hydroxylation is 1. The van der Waals surface area contributed by atoms with Gasteiger partial charge in [0.25, 0.3) is 11.5 Å². The molecule has 3 saturated heterocycles. The van der Waals surface area contributed by atoms with Gasteiger partial charge in [-0.05, 0) is 49.6 Å². The topological polar surface area (TPSA) is 70.4 Å². The number of thioether (sulfide) groups is 1. The van der Waals surface area contributed by atoms with Crippen molar-refractivity contribution in [3.05, 3.63) is 74.8 Å². The third kappa shape index (κ3) is 5.06. The van der Waals surface area contributed by atoms with Crippen molar-refractivity contribution in [3.8, 4) is 0 Å². The minimum Gasteiger partial charge on any atom is -0.376 e. The Labute approximate surface area is 235 Å². The molecule has 2 aromatic heterocycles. The Morgan fingerprint density at radius 1 is 1.13 bits per heavy atom. The first-order valence-corrected chi connectivity index (χ1v) is 14.3. The highest BCUT2D eigenvalue weighted by atomic mass is 32.2. The van der Waals surface area contributed by atoms with Crippen molar-refractivity contribution in [2.45, 2.75) is 25.9 Å². The lowest BCUT2D eigenvalue weighted by Gasteiger charge is -2.37. The number of rotatable bonds is 5. The predicted octanol–water partition coefficient (Wildman–Crippen LogP) is 3.85. The second kappa shape index (κ2) is 10.7. The zero-order valence-electron chi connectivity index (χ0n) is 21.5. The molecule has 0 spiro atoms. The molecule has 202 valence electrons. The first-order chi connectivity index (χ1) is 18.9. The number of fused-ring (bicyclic) bond motifs is 1.